The second-order valence-corrected chi connectivity index (χ2v) is 8.53. The summed E-state index contributed by atoms with van der Waals surface area (Å²) in [5, 5.41) is 4.72. The van der Waals surface area contributed by atoms with Crippen LogP contribution in [0.1, 0.15) is 31.6 Å². The highest BCUT2D eigenvalue weighted by Gasteiger charge is 2.33. The number of halogens is 1. The quantitative estimate of drug-likeness (QED) is 0.778. The maximum atomic E-state index is 13.0. The molecular weight excluding hydrogens is 406 g/mol. The first-order valence-corrected chi connectivity index (χ1v) is 10.8. The van der Waals surface area contributed by atoms with Crippen molar-refractivity contribution in [2.45, 2.75) is 32.2 Å². The Kier molecular flexibility index (Phi) is 6.34. The fourth-order valence-electron chi connectivity index (χ4n) is 4.27. The van der Waals surface area contributed by atoms with E-state index in [0.29, 0.717) is 55.8 Å². The molecule has 1 aromatic heterocycles. The molecule has 3 heterocycles. The highest BCUT2D eigenvalue weighted by molar-refractivity contribution is 6.30. The van der Waals surface area contributed by atoms with Gasteiger partial charge in [-0.2, -0.15) is 4.98 Å². The van der Waals surface area contributed by atoms with Crippen LogP contribution >= 0.6 is 11.6 Å². The van der Waals surface area contributed by atoms with Crippen LogP contribution in [0.25, 0.3) is 11.4 Å². The van der Waals surface area contributed by atoms with Gasteiger partial charge in [-0.25, -0.2) is 0 Å². The Bertz CT molecular complexity index is 892. The molecule has 1 unspecified atom stereocenters. The topological polar surface area (TPSA) is 106 Å². The number of rotatable bonds is 5. The van der Waals surface area contributed by atoms with Gasteiger partial charge < -0.3 is 15.2 Å². The van der Waals surface area contributed by atoms with Crippen molar-refractivity contribution in [3.8, 4) is 11.4 Å². The van der Waals surface area contributed by atoms with Gasteiger partial charge in [0.05, 0.1) is 12.5 Å². The summed E-state index contributed by atoms with van der Waals surface area (Å²) in [5.41, 5.74) is 6.24. The molecular formula is C21H26ClN5O3. The van der Waals surface area contributed by atoms with E-state index in [-0.39, 0.29) is 23.7 Å². The number of nitrogens with zero attached hydrogens (tertiary/aromatic N) is 4. The predicted octanol–water partition coefficient (Wildman–Crippen LogP) is 2.33. The molecule has 0 bridgehead atoms. The molecule has 2 aromatic rings. The molecule has 2 saturated heterocycles. The summed E-state index contributed by atoms with van der Waals surface area (Å²) in [7, 11) is 0. The van der Waals surface area contributed by atoms with E-state index in [9.17, 15) is 9.59 Å². The largest absolute Gasteiger partial charge is 0.369 e. The Morgan fingerprint density at radius 2 is 1.83 bits per heavy atom. The van der Waals surface area contributed by atoms with Crippen molar-refractivity contribution >= 4 is 23.4 Å². The molecule has 0 radical (unpaired) electrons. The molecule has 2 aliphatic heterocycles. The minimum atomic E-state index is -0.261. The van der Waals surface area contributed by atoms with Crippen molar-refractivity contribution < 1.29 is 14.1 Å². The molecule has 4 rings (SSSR count). The third-order valence-electron chi connectivity index (χ3n) is 5.99. The van der Waals surface area contributed by atoms with Crippen LogP contribution in [-0.2, 0) is 16.1 Å². The Morgan fingerprint density at radius 3 is 2.53 bits per heavy atom. The van der Waals surface area contributed by atoms with Crippen LogP contribution in [0, 0.1) is 11.8 Å². The third-order valence-corrected chi connectivity index (χ3v) is 6.25. The number of hydrogen-bond donors (Lipinski definition) is 1. The van der Waals surface area contributed by atoms with Gasteiger partial charge in [-0.1, -0.05) is 16.8 Å². The maximum Gasteiger partial charge on any atom is 0.241 e. The van der Waals surface area contributed by atoms with Crippen molar-refractivity contribution in [1.82, 2.24) is 19.9 Å². The number of aromatic nitrogens is 2. The summed E-state index contributed by atoms with van der Waals surface area (Å²) in [6.07, 6.45) is 3.15. The lowest BCUT2D eigenvalue weighted by atomic mass is 9.92. The van der Waals surface area contributed by atoms with E-state index in [4.69, 9.17) is 21.9 Å². The molecule has 2 N–H and O–H groups in total. The number of likely N-dealkylation sites (tertiary alicyclic amines) is 2. The summed E-state index contributed by atoms with van der Waals surface area (Å²) in [5.74, 6) is 0.837. The molecule has 1 aromatic carbocycles. The van der Waals surface area contributed by atoms with Gasteiger partial charge in [0.2, 0.25) is 23.5 Å². The van der Waals surface area contributed by atoms with E-state index in [2.05, 4.69) is 15.0 Å². The fraction of sp³-hybridized carbons (Fsp3) is 0.524. The van der Waals surface area contributed by atoms with Gasteiger partial charge in [0, 0.05) is 36.1 Å². The van der Waals surface area contributed by atoms with E-state index in [1.807, 2.05) is 17.0 Å². The summed E-state index contributed by atoms with van der Waals surface area (Å²) < 4.78 is 5.42. The SMILES string of the molecule is NC(=O)C1CCN(C(=O)C2CCCN(Cc3nc(-c4ccc(Cl)cc4)no3)C2)CC1. The summed E-state index contributed by atoms with van der Waals surface area (Å²) >= 11 is 5.93. The number of hydrogen-bond acceptors (Lipinski definition) is 6. The Labute approximate surface area is 180 Å². The van der Waals surface area contributed by atoms with Crippen molar-refractivity contribution in [2.24, 2.45) is 17.6 Å². The molecule has 0 spiro atoms. The number of benzene rings is 1. The van der Waals surface area contributed by atoms with Gasteiger partial charge in [0.15, 0.2) is 0 Å². The minimum Gasteiger partial charge on any atom is -0.369 e. The third kappa shape index (κ3) is 4.82. The van der Waals surface area contributed by atoms with E-state index in [1.54, 1.807) is 12.1 Å². The number of nitrogens with two attached hydrogens (primary N) is 1. The van der Waals surface area contributed by atoms with Gasteiger partial charge in [-0.3, -0.25) is 14.5 Å². The zero-order valence-electron chi connectivity index (χ0n) is 16.8. The molecule has 9 heteroatoms. The normalized spacial score (nSPS) is 21.0. The number of amides is 2. The molecule has 0 aliphatic carbocycles. The van der Waals surface area contributed by atoms with Crippen molar-refractivity contribution in [3.63, 3.8) is 0 Å². The van der Waals surface area contributed by atoms with Crippen molar-refractivity contribution in [2.75, 3.05) is 26.2 Å². The molecule has 0 saturated carbocycles. The molecule has 30 heavy (non-hydrogen) atoms. The maximum absolute atomic E-state index is 13.0. The lowest BCUT2D eigenvalue weighted by molar-refractivity contribution is -0.140. The van der Waals surface area contributed by atoms with Crippen LogP contribution in [0.2, 0.25) is 5.02 Å². The fourth-order valence-corrected chi connectivity index (χ4v) is 4.40. The monoisotopic (exact) mass is 431 g/mol. The second kappa shape index (κ2) is 9.14. The smallest absolute Gasteiger partial charge is 0.241 e. The summed E-state index contributed by atoms with van der Waals surface area (Å²) in [6, 6.07) is 7.29. The minimum absolute atomic E-state index is 0.0393. The average molecular weight is 432 g/mol. The first-order valence-electron chi connectivity index (χ1n) is 10.4. The first kappa shape index (κ1) is 20.8. The highest BCUT2D eigenvalue weighted by atomic mass is 35.5. The van der Waals surface area contributed by atoms with Crippen LogP contribution < -0.4 is 5.73 Å². The van der Waals surface area contributed by atoms with E-state index in [1.165, 1.54) is 0 Å². The number of carbonyl (C=O) groups is 2. The molecule has 2 fully saturated rings. The molecule has 2 aliphatic rings. The van der Waals surface area contributed by atoms with Gasteiger partial charge in [-0.05, 0) is 56.5 Å². The first-order chi connectivity index (χ1) is 14.5. The zero-order chi connectivity index (χ0) is 21.1. The van der Waals surface area contributed by atoms with E-state index >= 15 is 0 Å². The van der Waals surface area contributed by atoms with E-state index < -0.39 is 0 Å². The Hall–Kier alpha value is -2.45. The van der Waals surface area contributed by atoms with Gasteiger partial charge in [-0.15, -0.1) is 0 Å². The Balaban J connectivity index is 1.33. The van der Waals surface area contributed by atoms with Crippen LogP contribution in [0.3, 0.4) is 0 Å². The predicted molar refractivity (Wildman–Crippen MR) is 111 cm³/mol. The molecule has 160 valence electrons. The lowest BCUT2D eigenvalue weighted by Crippen LogP contribution is -2.48. The second-order valence-electron chi connectivity index (χ2n) is 8.09. The van der Waals surface area contributed by atoms with E-state index in [0.717, 1.165) is 24.9 Å². The van der Waals surface area contributed by atoms with Crippen LogP contribution in [0.4, 0.5) is 0 Å². The standard InChI is InChI=1S/C21H26ClN5O3/c22-17-5-3-15(4-6-17)20-24-18(30-25-20)13-26-9-1-2-16(12-26)21(29)27-10-7-14(8-11-27)19(23)28/h3-6,14,16H,1-2,7-13H2,(H2,23,28). The summed E-state index contributed by atoms with van der Waals surface area (Å²) in [4.78, 5) is 32.9. The van der Waals surface area contributed by atoms with Crippen molar-refractivity contribution in [1.29, 1.82) is 0 Å². The number of piperidine rings is 2. The zero-order valence-corrected chi connectivity index (χ0v) is 17.6. The molecule has 8 nitrogen and oxygen atoms in total. The van der Waals surface area contributed by atoms with Crippen molar-refractivity contribution in [3.05, 3.63) is 35.2 Å². The number of primary amides is 1. The summed E-state index contributed by atoms with van der Waals surface area (Å²) in [6.45, 7) is 3.31. The molecule has 2 amide bonds. The van der Waals surface area contributed by atoms with Gasteiger partial charge in [0.1, 0.15) is 0 Å². The highest BCUT2D eigenvalue weighted by Crippen LogP contribution is 2.25. The van der Waals surface area contributed by atoms with Gasteiger partial charge >= 0.3 is 0 Å². The van der Waals surface area contributed by atoms with Crippen LogP contribution in [-0.4, -0.2) is 57.9 Å². The number of carbonyl (C=O) groups excluding carboxylic acids is 2. The molecule has 1 atom stereocenters. The van der Waals surface area contributed by atoms with Gasteiger partial charge in [0.25, 0.3) is 0 Å². The average Bonchev–Trinajstić information content (AvgIpc) is 3.22. The van der Waals surface area contributed by atoms with Crippen LogP contribution in [0.5, 0.6) is 0 Å². The Morgan fingerprint density at radius 1 is 1.10 bits per heavy atom. The van der Waals surface area contributed by atoms with Crippen LogP contribution in [0.15, 0.2) is 28.8 Å². The lowest BCUT2D eigenvalue weighted by Gasteiger charge is -2.37.